The molecule has 23 heavy (non-hydrogen) atoms. The van der Waals surface area contributed by atoms with Crippen molar-refractivity contribution >= 4 is 30.1 Å². The molecule has 0 radical (unpaired) electrons. The largest absolute Gasteiger partial charge is 0.340 e. The summed E-state index contributed by atoms with van der Waals surface area (Å²) in [5.74, 6) is 0.788. The molecule has 0 aromatic heterocycles. The predicted molar refractivity (Wildman–Crippen MR) is 102 cm³/mol. The molecule has 0 bridgehead atoms. The molecule has 1 fully saturated rings. The molecule has 1 unspecified atom stereocenters. The third kappa shape index (κ3) is 6.02. The highest BCUT2D eigenvalue weighted by atomic mass is 35.5. The van der Waals surface area contributed by atoms with Crippen LogP contribution in [0.2, 0.25) is 0 Å². The second-order valence-electron chi connectivity index (χ2n) is 7.03. The van der Waals surface area contributed by atoms with Gasteiger partial charge in [0.25, 0.3) is 0 Å². The van der Waals surface area contributed by atoms with Crippen molar-refractivity contribution in [3.63, 3.8) is 0 Å². The van der Waals surface area contributed by atoms with Crippen molar-refractivity contribution in [2.75, 3.05) is 25.9 Å². The fourth-order valence-corrected chi connectivity index (χ4v) is 3.53. The van der Waals surface area contributed by atoms with Gasteiger partial charge in [0.15, 0.2) is 0 Å². The summed E-state index contributed by atoms with van der Waals surface area (Å²) in [5, 5.41) is 3.28. The van der Waals surface area contributed by atoms with Gasteiger partial charge in [-0.05, 0) is 43.0 Å². The number of carbonyl (C=O) groups is 1. The van der Waals surface area contributed by atoms with E-state index in [1.807, 2.05) is 11.9 Å². The summed E-state index contributed by atoms with van der Waals surface area (Å²) in [7, 11) is 1.98. The van der Waals surface area contributed by atoms with Gasteiger partial charge in [-0.2, -0.15) is 0 Å². The summed E-state index contributed by atoms with van der Waals surface area (Å²) in [6.07, 6.45) is 2.27. The number of carbonyl (C=O) groups excluding carboxylic acids is 1. The molecule has 2 rings (SSSR count). The number of nitrogens with zero attached hydrogens (tertiary/aromatic N) is 1. The summed E-state index contributed by atoms with van der Waals surface area (Å²) >= 11 is 1.64. The number of hydrogen-bond donors (Lipinski definition) is 1. The van der Waals surface area contributed by atoms with Crippen molar-refractivity contribution in [1.29, 1.82) is 0 Å². The Labute approximate surface area is 151 Å². The second kappa shape index (κ2) is 8.95. The van der Waals surface area contributed by atoms with E-state index in [4.69, 9.17) is 0 Å². The van der Waals surface area contributed by atoms with Gasteiger partial charge in [-0.1, -0.05) is 32.9 Å². The van der Waals surface area contributed by atoms with E-state index in [1.54, 1.807) is 11.8 Å². The van der Waals surface area contributed by atoms with Crippen LogP contribution in [0.15, 0.2) is 29.2 Å². The number of amides is 1. The van der Waals surface area contributed by atoms with E-state index in [-0.39, 0.29) is 23.7 Å². The number of piperidine rings is 1. The number of rotatable bonds is 4. The zero-order valence-corrected chi connectivity index (χ0v) is 16.2. The van der Waals surface area contributed by atoms with Crippen molar-refractivity contribution in [2.45, 2.75) is 50.0 Å². The highest BCUT2D eigenvalue weighted by molar-refractivity contribution is 8.00. The van der Waals surface area contributed by atoms with Gasteiger partial charge < -0.3 is 10.2 Å². The van der Waals surface area contributed by atoms with Crippen molar-refractivity contribution in [3.05, 3.63) is 29.8 Å². The zero-order chi connectivity index (χ0) is 16.2. The fourth-order valence-electron chi connectivity index (χ4n) is 2.73. The van der Waals surface area contributed by atoms with E-state index in [0.29, 0.717) is 11.8 Å². The van der Waals surface area contributed by atoms with Gasteiger partial charge in [0.2, 0.25) is 5.91 Å². The van der Waals surface area contributed by atoms with Gasteiger partial charge in [0, 0.05) is 24.0 Å². The number of hydrogen-bond acceptors (Lipinski definition) is 3. The maximum absolute atomic E-state index is 12.3. The summed E-state index contributed by atoms with van der Waals surface area (Å²) in [5.41, 5.74) is 1.51. The number of nitrogens with one attached hydrogen (secondary N) is 1. The number of halogens is 1. The minimum Gasteiger partial charge on any atom is -0.340 e. The van der Waals surface area contributed by atoms with Gasteiger partial charge in [-0.15, -0.1) is 24.2 Å². The number of thioether (sulfide) groups is 1. The Balaban J connectivity index is 0.00000264. The Morgan fingerprint density at radius 1 is 1.30 bits per heavy atom. The molecule has 1 amide bonds. The monoisotopic (exact) mass is 356 g/mol. The lowest BCUT2D eigenvalue weighted by atomic mass is 9.87. The molecule has 1 aliphatic heterocycles. The highest BCUT2D eigenvalue weighted by Crippen LogP contribution is 2.26. The molecule has 0 spiro atoms. The lowest BCUT2D eigenvalue weighted by Gasteiger charge is -2.32. The van der Waals surface area contributed by atoms with E-state index in [9.17, 15) is 4.79 Å². The molecule has 5 heteroatoms. The Bertz CT molecular complexity index is 499. The maximum atomic E-state index is 12.3. The van der Waals surface area contributed by atoms with Crippen LogP contribution in [0, 0.1) is 0 Å². The average molecular weight is 357 g/mol. The highest BCUT2D eigenvalue weighted by Gasteiger charge is 2.22. The number of likely N-dealkylation sites (N-methyl/N-ethyl adjacent to an activating group) is 1. The molecule has 1 saturated heterocycles. The summed E-state index contributed by atoms with van der Waals surface area (Å²) in [4.78, 5) is 15.5. The molecule has 1 aromatic rings. The topological polar surface area (TPSA) is 32.3 Å². The molecular formula is C18H29ClN2OS. The van der Waals surface area contributed by atoms with E-state index >= 15 is 0 Å². The number of likely N-dealkylation sites (tertiary alicyclic amines) is 1. The predicted octanol–water partition coefficient (Wildman–Crippen LogP) is 3.71. The number of benzene rings is 1. The molecule has 130 valence electrons. The summed E-state index contributed by atoms with van der Waals surface area (Å²) in [6, 6.07) is 9.06. The minimum absolute atomic E-state index is 0. The van der Waals surface area contributed by atoms with Crippen LogP contribution in [0.25, 0.3) is 0 Å². The zero-order valence-electron chi connectivity index (χ0n) is 14.6. The molecule has 1 aromatic carbocycles. The van der Waals surface area contributed by atoms with Crippen molar-refractivity contribution in [3.8, 4) is 0 Å². The molecular weight excluding hydrogens is 328 g/mol. The van der Waals surface area contributed by atoms with Gasteiger partial charge in [-0.3, -0.25) is 4.79 Å². The van der Waals surface area contributed by atoms with Crippen LogP contribution in [-0.2, 0) is 10.2 Å². The first-order valence-electron chi connectivity index (χ1n) is 8.08. The van der Waals surface area contributed by atoms with Crippen molar-refractivity contribution in [1.82, 2.24) is 10.2 Å². The molecule has 1 aliphatic rings. The van der Waals surface area contributed by atoms with E-state index < -0.39 is 0 Å². The van der Waals surface area contributed by atoms with Crippen LogP contribution >= 0.6 is 24.2 Å². The first kappa shape index (κ1) is 20.3. The van der Waals surface area contributed by atoms with Crippen LogP contribution < -0.4 is 5.32 Å². The molecule has 0 saturated carbocycles. The molecule has 1 atom stereocenters. The first-order chi connectivity index (χ1) is 10.4. The smallest absolute Gasteiger partial charge is 0.232 e. The first-order valence-corrected chi connectivity index (χ1v) is 9.07. The van der Waals surface area contributed by atoms with Crippen LogP contribution in [0.1, 0.15) is 39.2 Å². The van der Waals surface area contributed by atoms with E-state index in [1.165, 1.54) is 16.9 Å². The van der Waals surface area contributed by atoms with Crippen molar-refractivity contribution < 1.29 is 4.79 Å². The van der Waals surface area contributed by atoms with Gasteiger partial charge in [-0.25, -0.2) is 0 Å². The Morgan fingerprint density at radius 3 is 2.52 bits per heavy atom. The summed E-state index contributed by atoms with van der Waals surface area (Å²) < 4.78 is 0. The normalized spacial score (nSPS) is 18.4. The standard InChI is InChI=1S/C18H28N2OS.ClH/c1-18(2,3)14-7-9-16(10-8-14)22-13-17(21)20-11-5-6-15(12-20)19-4;/h7-10,15,19H,5-6,11-13H2,1-4H3;1H. The quantitative estimate of drug-likeness (QED) is 0.835. The molecule has 1 N–H and O–H groups in total. The minimum atomic E-state index is 0. The maximum Gasteiger partial charge on any atom is 0.232 e. The Hall–Kier alpha value is -0.710. The van der Waals surface area contributed by atoms with Gasteiger partial charge >= 0.3 is 0 Å². The second-order valence-corrected chi connectivity index (χ2v) is 8.08. The molecule has 3 nitrogen and oxygen atoms in total. The van der Waals surface area contributed by atoms with Gasteiger partial charge in [0.1, 0.15) is 0 Å². The average Bonchev–Trinajstić information content (AvgIpc) is 2.52. The third-order valence-electron chi connectivity index (χ3n) is 4.26. The summed E-state index contributed by atoms with van der Waals surface area (Å²) in [6.45, 7) is 8.40. The van der Waals surface area contributed by atoms with Crippen LogP contribution in [-0.4, -0.2) is 42.7 Å². The van der Waals surface area contributed by atoms with Crippen LogP contribution in [0.4, 0.5) is 0 Å². The van der Waals surface area contributed by atoms with E-state index in [0.717, 1.165) is 19.5 Å². The lowest BCUT2D eigenvalue weighted by molar-refractivity contribution is -0.129. The lowest BCUT2D eigenvalue weighted by Crippen LogP contribution is -2.47. The molecule has 1 heterocycles. The van der Waals surface area contributed by atoms with Crippen LogP contribution in [0.3, 0.4) is 0 Å². The van der Waals surface area contributed by atoms with Crippen LogP contribution in [0.5, 0.6) is 0 Å². The van der Waals surface area contributed by atoms with Crippen molar-refractivity contribution in [2.24, 2.45) is 0 Å². The Morgan fingerprint density at radius 2 is 1.96 bits per heavy atom. The van der Waals surface area contributed by atoms with Gasteiger partial charge in [0.05, 0.1) is 5.75 Å². The fraction of sp³-hybridized carbons (Fsp3) is 0.611. The Kier molecular flexibility index (Phi) is 7.91. The third-order valence-corrected chi connectivity index (χ3v) is 5.26. The SMILES string of the molecule is CNC1CCCN(C(=O)CSc2ccc(C(C)(C)C)cc2)C1.Cl. The van der Waals surface area contributed by atoms with E-state index in [2.05, 4.69) is 50.4 Å². The molecule has 0 aliphatic carbocycles.